The Balaban J connectivity index is 1.44. The third-order valence-electron chi connectivity index (χ3n) is 6.65. The van der Waals surface area contributed by atoms with Crippen LogP contribution in [0.2, 0.25) is 0 Å². The summed E-state index contributed by atoms with van der Waals surface area (Å²) in [6.45, 7) is 1.74. The van der Waals surface area contributed by atoms with Crippen LogP contribution in [0, 0.1) is 0 Å². The topological polar surface area (TPSA) is 120 Å². The van der Waals surface area contributed by atoms with Crippen LogP contribution in [0.5, 0.6) is 17.2 Å². The van der Waals surface area contributed by atoms with Gasteiger partial charge in [-0.2, -0.15) is 0 Å². The number of hydrogen-bond acceptors (Lipinski definition) is 9. The van der Waals surface area contributed by atoms with Crippen LogP contribution in [0.4, 0.5) is 28.7 Å². The van der Waals surface area contributed by atoms with E-state index in [4.69, 9.17) is 29.7 Å². The summed E-state index contributed by atoms with van der Waals surface area (Å²) in [4.78, 5) is 20.3. The van der Waals surface area contributed by atoms with Gasteiger partial charge in [-0.1, -0.05) is 6.07 Å². The molecule has 10 nitrogen and oxygen atoms in total. The number of aromatic nitrogens is 1. The van der Waals surface area contributed by atoms with E-state index in [2.05, 4.69) is 10.6 Å². The number of anilines is 5. The molecule has 0 spiro atoms. The molecular weight excluding hydrogens is 522 g/mol. The summed E-state index contributed by atoms with van der Waals surface area (Å²) < 4.78 is 21.6. The van der Waals surface area contributed by atoms with E-state index >= 15 is 0 Å². The van der Waals surface area contributed by atoms with Crippen molar-refractivity contribution in [3.63, 3.8) is 0 Å². The molecule has 0 fully saturated rings. The van der Waals surface area contributed by atoms with E-state index in [-0.39, 0.29) is 5.91 Å². The van der Waals surface area contributed by atoms with Crippen LogP contribution in [0.25, 0.3) is 0 Å². The highest BCUT2D eigenvalue weighted by Gasteiger charge is 2.32. The number of nitrogens with zero attached hydrogens (tertiary/aromatic N) is 2. The van der Waals surface area contributed by atoms with Gasteiger partial charge in [0.05, 0.1) is 26.4 Å². The molecule has 0 saturated heterocycles. The van der Waals surface area contributed by atoms with E-state index in [1.807, 2.05) is 72.8 Å². The molecule has 0 radical (unpaired) electrons. The van der Waals surface area contributed by atoms with E-state index in [0.29, 0.717) is 60.7 Å². The minimum Gasteiger partial charge on any atom is -0.497 e. The average Bonchev–Trinajstić information content (AvgIpc) is 3.29. The van der Waals surface area contributed by atoms with Crippen molar-refractivity contribution in [3.8, 4) is 17.2 Å². The van der Waals surface area contributed by atoms with E-state index in [9.17, 15) is 4.79 Å². The second-order valence-electron chi connectivity index (χ2n) is 9.47. The molecule has 1 aromatic heterocycles. The molecule has 41 heavy (non-hydrogen) atoms. The Morgan fingerprint density at radius 1 is 0.878 bits per heavy atom. The summed E-state index contributed by atoms with van der Waals surface area (Å²) in [6.07, 6.45) is 0. The number of carbonyl (C=O) groups excluding carboxylic acids is 1. The first-order chi connectivity index (χ1) is 20.0. The van der Waals surface area contributed by atoms with E-state index in [1.165, 1.54) is 0 Å². The first kappa shape index (κ1) is 27.6. The number of fused-ring (bicyclic) bond motifs is 1. The Hall–Kier alpha value is -4.96. The number of ether oxygens (including phenoxy) is 4. The molecule has 1 amide bonds. The van der Waals surface area contributed by atoms with Crippen LogP contribution in [-0.2, 0) is 17.8 Å². The van der Waals surface area contributed by atoms with Gasteiger partial charge in [-0.3, -0.25) is 4.79 Å². The molecule has 0 saturated carbocycles. The second kappa shape index (κ2) is 12.5. The summed E-state index contributed by atoms with van der Waals surface area (Å²) in [6, 6.07) is 22.4. The standard InChI is InChI=1S/C31H33N5O5/c1-38-13-14-41-25-11-8-23(9-12-25)34-30-29-21(15-28(35-30)33-24-6-4-5-22(32)16-24)19-36(31(29)37)18-20-7-10-26(39-2)17-27(20)40-3/h4-12,15-17H,13-14,18-19,32H2,1-3H3,(H2,33,34,35). The van der Waals surface area contributed by atoms with Crippen LogP contribution in [0.3, 0.4) is 0 Å². The summed E-state index contributed by atoms with van der Waals surface area (Å²) in [5.41, 5.74) is 10.4. The third-order valence-corrected chi connectivity index (χ3v) is 6.65. The van der Waals surface area contributed by atoms with Crippen LogP contribution >= 0.6 is 0 Å². The van der Waals surface area contributed by atoms with E-state index < -0.39 is 0 Å². The molecule has 0 aliphatic carbocycles. The Labute approximate surface area is 239 Å². The molecule has 0 bridgehead atoms. The van der Waals surface area contributed by atoms with Crippen molar-refractivity contribution in [1.82, 2.24) is 9.88 Å². The molecular formula is C31H33N5O5. The van der Waals surface area contributed by atoms with Crippen molar-refractivity contribution in [2.75, 3.05) is 50.9 Å². The van der Waals surface area contributed by atoms with Gasteiger partial charge < -0.3 is 40.2 Å². The molecule has 4 aromatic rings. The molecule has 0 atom stereocenters. The van der Waals surface area contributed by atoms with Crippen molar-refractivity contribution < 1.29 is 23.7 Å². The molecule has 212 valence electrons. The fraction of sp³-hybridized carbons (Fsp3) is 0.226. The average molecular weight is 556 g/mol. The number of nitrogens with one attached hydrogen (secondary N) is 2. The van der Waals surface area contributed by atoms with Gasteiger partial charge in [0.1, 0.15) is 35.5 Å². The number of amides is 1. The van der Waals surface area contributed by atoms with Crippen molar-refractivity contribution in [2.24, 2.45) is 0 Å². The fourth-order valence-corrected chi connectivity index (χ4v) is 4.65. The Kier molecular flexibility index (Phi) is 8.40. The van der Waals surface area contributed by atoms with E-state index in [0.717, 1.165) is 28.3 Å². The lowest BCUT2D eigenvalue weighted by Gasteiger charge is -2.18. The summed E-state index contributed by atoms with van der Waals surface area (Å²) in [5.74, 6) is 2.98. The molecule has 3 aromatic carbocycles. The van der Waals surface area contributed by atoms with Gasteiger partial charge in [0.15, 0.2) is 0 Å². The highest BCUT2D eigenvalue weighted by atomic mass is 16.5. The number of pyridine rings is 1. The maximum absolute atomic E-state index is 13.8. The number of methoxy groups -OCH3 is 3. The van der Waals surface area contributed by atoms with Crippen molar-refractivity contribution in [1.29, 1.82) is 0 Å². The van der Waals surface area contributed by atoms with Gasteiger partial charge in [-0.25, -0.2) is 4.98 Å². The van der Waals surface area contributed by atoms with Crippen LogP contribution < -0.4 is 30.6 Å². The molecule has 4 N–H and O–H groups in total. The highest BCUT2D eigenvalue weighted by molar-refractivity contribution is 6.03. The van der Waals surface area contributed by atoms with Crippen LogP contribution in [0.1, 0.15) is 21.5 Å². The maximum atomic E-state index is 13.8. The summed E-state index contributed by atoms with van der Waals surface area (Å²) >= 11 is 0. The highest BCUT2D eigenvalue weighted by Crippen LogP contribution is 2.35. The number of hydrogen-bond donors (Lipinski definition) is 3. The largest absolute Gasteiger partial charge is 0.497 e. The first-order valence-electron chi connectivity index (χ1n) is 13.1. The lowest BCUT2D eigenvalue weighted by atomic mass is 10.1. The normalized spacial score (nSPS) is 12.2. The number of benzene rings is 3. The maximum Gasteiger partial charge on any atom is 0.258 e. The molecule has 0 unspecified atom stereocenters. The van der Waals surface area contributed by atoms with Gasteiger partial charge in [0.25, 0.3) is 5.91 Å². The fourth-order valence-electron chi connectivity index (χ4n) is 4.65. The molecule has 1 aliphatic heterocycles. The predicted octanol–water partition coefficient (Wildman–Crippen LogP) is 5.35. The Morgan fingerprint density at radius 3 is 2.41 bits per heavy atom. The SMILES string of the molecule is COCCOc1ccc(Nc2nc(Nc3cccc(N)c3)cc3c2C(=O)N(Cc2ccc(OC)cc2OC)C3)cc1. The zero-order valence-electron chi connectivity index (χ0n) is 23.3. The van der Waals surface area contributed by atoms with Gasteiger partial charge in [0.2, 0.25) is 0 Å². The van der Waals surface area contributed by atoms with Crippen LogP contribution in [-0.4, -0.2) is 50.3 Å². The Morgan fingerprint density at radius 2 is 1.68 bits per heavy atom. The molecule has 1 aliphatic rings. The lowest BCUT2D eigenvalue weighted by molar-refractivity contribution is 0.0766. The number of carbonyl (C=O) groups is 1. The quantitative estimate of drug-likeness (QED) is 0.157. The smallest absolute Gasteiger partial charge is 0.258 e. The van der Waals surface area contributed by atoms with E-state index in [1.54, 1.807) is 26.2 Å². The first-order valence-corrected chi connectivity index (χ1v) is 13.1. The summed E-state index contributed by atoms with van der Waals surface area (Å²) in [7, 11) is 4.84. The predicted molar refractivity (Wildman–Crippen MR) is 159 cm³/mol. The molecule has 10 heteroatoms. The van der Waals surface area contributed by atoms with Gasteiger partial charge in [-0.15, -0.1) is 0 Å². The van der Waals surface area contributed by atoms with Crippen LogP contribution in [0.15, 0.2) is 72.8 Å². The van der Waals surface area contributed by atoms with Crippen molar-refractivity contribution in [3.05, 3.63) is 89.5 Å². The van der Waals surface area contributed by atoms with Gasteiger partial charge in [0, 0.05) is 48.9 Å². The number of nitrogen functional groups attached to an aromatic ring is 1. The lowest BCUT2D eigenvalue weighted by Crippen LogP contribution is -2.24. The molecule has 5 rings (SSSR count). The van der Waals surface area contributed by atoms with Gasteiger partial charge >= 0.3 is 0 Å². The molecule has 2 heterocycles. The monoisotopic (exact) mass is 555 g/mol. The van der Waals surface area contributed by atoms with Crippen molar-refractivity contribution >= 4 is 34.6 Å². The summed E-state index contributed by atoms with van der Waals surface area (Å²) in [5, 5.41) is 6.67. The minimum atomic E-state index is -0.122. The second-order valence-corrected chi connectivity index (χ2v) is 9.47. The number of nitrogens with two attached hydrogens (primary N) is 1. The zero-order chi connectivity index (χ0) is 28.8. The number of rotatable bonds is 12. The Bertz CT molecular complexity index is 1530. The zero-order valence-corrected chi connectivity index (χ0v) is 23.3. The van der Waals surface area contributed by atoms with Gasteiger partial charge in [-0.05, 0) is 66.2 Å². The third kappa shape index (κ3) is 6.44. The van der Waals surface area contributed by atoms with Crippen molar-refractivity contribution in [2.45, 2.75) is 13.1 Å². The minimum absolute atomic E-state index is 0.122.